The second-order valence-corrected chi connectivity index (χ2v) is 7.11. The molecule has 0 radical (unpaired) electrons. The van der Waals surface area contributed by atoms with Crippen molar-refractivity contribution in [2.75, 3.05) is 6.54 Å². The summed E-state index contributed by atoms with van der Waals surface area (Å²) in [5, 5.41) is 7.26. The predicted octanol–water partition coefficient (Wildman–Crippen LogP) is 3.21. The molecule has 0 saturated carbocycles. The van der Waals surface area contributed by atoms with Crippen LogP contribution in [0.1, 0.15) is 48.8 Å². The quantitative estimate of drug-likeness (QED) is 0.760. The van der Waals surface area contributed by atoms with Crippen molar-refractivity contribution in [3.8, 4) is 0 Å². The highest BCUT2D eigenvalue weighted by atomic mass is 16.2. The van der Waals surface area contributed by atoms with Crippen LogP contribution in [0.2, 0.25) is 0 Å². The summed E-state index contributed by atoms with van der Waals surface area (Å²) in [6, 6.07) is 6.02. The van der Waals surface area contributed by atoms with Crippen LogP contribution in [0.4, 0.5) is 4.79 Å². The highest BCUT2D eigenvalue weighted by Crippen LogP contribution is 2.32. The Bertz CT molecular complexity index is 943. The molecule has 3 heterocycles. The molecule has 4 rings (SSSR count). The Balaban J connectivity index is 1.52. The summed E-state index contributed by atoms with van der Waals surface area (Å²) in [5.41, 5.74) is 4.16. The van der Waals surface area contributed by atoms with Crippen molar-refractivity contribution >= 4 is 17.1 Å². The first-order valence-electron chi connectivity index (χ1n) is 9.03. The Labute approximate surface area is 152 Å². The minimum Gasteiger partial charge on any atom is -0.340 e. The number of aryl methyl sites for hydroxylation is 2. The van der Waals surface area contributed by atoms with E-state index in [-0.39, 0.29) is 18.1 Å². The summed E-state index contributed by atoms with van der Waals surface area (Å²) < 4.78 is 1.74. The SMILES string of the molecule is Cc1ccc2nc(C3CCCN3C(=O)NC(C)c3cnn(C)c3)[nH]c2c1. The maximum atomic E-state index is 12.8. The van der Waals surface area contributed by atoms with Crippen molar-refractivity contribution in [2.45, 2.75) is 38.8 Å². The largest absolute Gasteiger partial charge is 0.340 e. The van der Waals surface area contributed by atoms with Gasteiger partial charge >= 0.3 is 6.03 Å². The van der Waals surface area contributed by atoms with Gasteiger partial charge in [0.25, 0.3) is 0 Å². The lowest BCUT2D eigenvalue weighted by Gasteiger charge is -2.25. The Morgan fingerprint density at radius 1 is 1.42 bits per heavy atom. The highest BCUT2D eigenvalue weighted by molar-refractivity contribution is 5.77. The molecule has 1 aromatic carbocycles. The standard InChI is InChI=1S/C19H24N6O/c1-12-6-7-15-16(9-12)23-18(22-15)17-5-4-8-25(17)19(26)21-13(2)14-10-20-24(3)11-14/h6-7,9-11,13,17H,4-5,8H2,1-3H3,(H,21,26)(H,22,23). The molecule has 2 atom stereocenters. The fourth-order valence-corrected chi connectivity index (χ4v) is 3.61. The minimum atomic E-state index is -0.0872. The first kappa shape index (κ1) is 16.6. The average Bonchev–Trinajstić information content (AvgIpc) is 3.32. The molecule has 0 bridgehead atoms. The highest BCUT2D eigenvalue weighted by Gasteiger charge is 2.32. The number of aromatic nitrogens is 4. The predicted molar refractivity (Wildman–Crippen MR) is 99.7 cm³/mol. The zero-order chi connectivity index (χ0) is 18.3. The number of hydrogen-bond donors (Lipinski definition) is 2. The van der Waals surface area contributed by atoms with Gasteiger partial charge in [-0.1, -0.05) is 6.07 Å². The number of nitrogens with zero attached hydrogens (tertiary/aromatic N) is 4. The van der Waals surface area contributed by atoms with Crippen LogP contribution in [0.3, 0.4) is 0 Å². The molecular weight excluding hydrogens is 328 g/mol. The van der Waals surface area contributed by atoms with Crippen LogP contribution in [0.5, 0.6) is 0 Å². The Morgan fingerprint density at radius 2 is 2.27 bits per heavy atom. The molecule has 1 aliphatic heterocycles. The van der Waals surface area contributed by atoms with Crippen molar-refractivity contribution in [3.05, 3.63) is 47.5 Å². The van der Waals surface area contributed by atoms with E-state index in [1.54, 1.807) is 10.9 Å². The number of carbonyl (C=O) groups excluding carboxylic acids is 1. The van der Waals surface area contributed by atoms with Crippen LogP contribution in [0.25, 0.3) is 11.0 Å². The van der Waals surface area contributed by atoms with Crippen LogP contribution < -0.4 is 5.32 Å². The first-order valence-corrected chi connectivity index (χ1v) is 9.03. The van der Waals surface area contributed by atoms with Gasteiger partial charge in [-0.25, -0.2) is 9.78 Å². The third kappa shape index (κ3) is 3.05. The molecule has 1 saturated heterocycles. The number of rotatable bonds is 3. The molecule has 1 fully saturated rings. The molecule has 1 aliphatic rings. The van der Waals surface area contributed by atoms with Gasteiger partial charge in [0.1, 0.15) is 5.82 Å². The molecule has 7 nitrogen and oxygen atoms in total. The van der Waals surface area contributed by atoms with Gasteiger partial charge in [-0.05, 0) is 44.4 Å². The molecule has 26 heavy (non-hydrogen) atoms. The van der Waals surface area contributed by atoms with Crippen LogP contribution >= 0.6 is 0 Å². The van der Waals surface area contributed by atoms with E-state index >= 15 is 0 Å². The summed E-state index contributed by atoms with van der Waals surface area (Å²) >= 11 is 0. The fraction of sp³-hybridized carbons (Fsp3) is 0.421. The topological polar surface area (TPSA) is 78.8 Å². The normalized spacial score (nSPS) is 18.4. The van der Waals surface area contributed by atoms with Gasteiger partial charge in [0.2, 0.25) is 0 Å². The lowest BCUT2D eigenvalue weighted by atomic mass is 10.2. The summed E-state index contributed by atoms with van der Waals surface area (Å²) in [6.07, 6.45) is 5.62. The average molecular weight is 352 g/mol. The van der Waals surface area contributed by atoms with Gasteiger partial charge in [-0.2, -0.15) is 5.10 Å². The van der Waals surface area contributed by atoms with Crippen LogP contribution in [0, 0.1) is 6.92 Å². The third-order valence-corrected chi connectivity index (χ3v) is 5.05. The number of benzene rings is 1. The lowest BCUT2D eigenvalue weighted by Crippen LogP contribution is -2.40. The van der Waals surface area contributed by atoms with E-state index in [1.807, 2.05) is 31.1 Å². The Kier molecular flexibility index (Phi) is 4.14. The third-order valence-electron chi connectivity index (χ3n) is 5.05. The zero-order valence-corrected chi connectivity index (χ0v) is 15.4. The zero-order valence-electron chi connectivity index (χ0n) is 15.4. The first-order chi connectivity index (χ1) is 12.5. The number of imidazole rings is 1. The number of likely N-dealkylation sites (tertiary alicyclic amines) is 1. The molecule has 2 unspecified atom stereocenters. The molecule has 136 valence electrons. The number of aromatic amines is 1. The van der Waals surface area contributed by atoms with Gasteiger partial charge in [-0.15, -0.1) is 0 Å². The fourth-order valence-electron chi connectivity index (χ4n) is 3.61. The molecule has 2 N–H and O–H groups in total. The van der Waals surface area contributed by atoms with Crippen molar-refractivity contribution in [3.63, 3.8) is 0 Å². The molecule has 7 heteroatoms. The van der Waals surface area contributed by atoms with Crippen molar-refractivity contribution in [1.82, 2.24) is 30.0 Å². The van der Waals surface area contributed by atoms with E-state index < -0.39 is 0 Å². The van der Waals surface area contributed by atoms with Crippen molar-refractivity contribution in [1.29, 1.82) is 0 Å². The van der Waals surface area contributed by atoms with Gasteiger partial charge in [0.15, 0.2) is 0 Å². The van der Waals surface area contributed by atoms with E-state index in [4.69, 9.17) is 4.98 Å². The molecular formula is C19H24N6O. The summed E-state index contributed by atoms with van der Waals surface area (Å²) in [7, 11) is 1.87. The van der Waals surface area contributed by atoms with Gasteiger partial charge in [-0.3, -0.25) is 4.68 Å². The van der Waals surface area contributed by atoms with E-state index in [9.17, 15) is 4.79 Å². The molecule has 2 amide bonds. The Morgan fingerprint density at radius 3 is 3.04 bits per heavy atom. The molecule has 0 spiro atoms. The maximum Gasteiger partial charge on any atom is 0.318 e. The minimum absolute atomic E-state index is 0.0104. The molecule has 2 aromatic heterocycles. The van der Waals surface area contributed by atoms with Crippen molar-refractivity contribution < 1.29 is 4.79 Å². The number of amides is 2. The van der Waals surface area contributed by atoms with Gasteiger partial charge in [0.05, 0.1) is 29.3 Å². The summed E-state index contributed by atoms with van der Waals surface area (Å²) in [4.78, 5) is 22.8. The second-order valence-electron chi connectivity index (χ2n) is 7.11. The van der Waals surface area contributed by atoms with Gasteiger partial charge in [0, 0.05) is 25.4 Å². The van der Waals surface area contributed by atoms with Crippen LogP contribution in [-0.2, 0) is 7.05 Å². The second kappa shape index (κ2) is 6.48. The van der Waals surface area contributed by atoms with Crippen LogP contribution in [-0.4, -0.2) is 37.2 Å². The van der Waals surface area contributed by atoms with E-state index in [0.717, 1.165) is 41.8 Å². The Hall–Kier alpha value is -2.83. The van der Waals surface area contributed by atoms with E-state index in [2.05, 4.69) is 34.5 Å². The van der Waals surface area contributed by atoms with E-state index in [1.165, 1.54) is 5.56 Å². The summed E-state index contributed by atoms with van der Waals surface area (Å²) in [6.45, 7) is 4.78. The number of carbonyl (C=O) groups is 1. The van der Waals surface area contributed by atoms with E-state index in [0.29, 0.717) is 0 Å². The lowest BCUT2D eigenvalue weighted by molar-refractivity contribution is 0.188. The van der Waals surface area contributed by atoms with Gasteiger partial charge < -0.3 is 15.2 Å². The number of fused-ring (bicyclic) bond motifs is 1. The summed E-state index contributed by atoms with van der Waals surface area (Å²) in [5.74, 6) is 0.868. The number of urea groups is 1. The monoisotopic (exact) mass is 352 g/mol. The molecule has 3 aromatic rings. The number of nitrogens with one attached hydrogen (secondary N) is 2. The smallest absolute Gasteiger partial charge is 0.318 e. The number of hydrogen-bond acceptors (Lipinski definition) is 3. The molecule has 0 aliphatic carbocycles. The van der Waals surface area contributed by atoms with Crippen molar-refractivity contribution in [2.24, 2.45) is 7.05 Å². The van der Waals surface area contributed by atoms with Crippen LogP contribution in [0.15, 0.2) is 30.6 Å². The maximum absolute atomic E-state index is 12.8. The number of H-pyrrole nitrogens is 1.